The Labute approximate surface area is 189 Å². The van der Waals surface area contributed by atoms with E-state index in [4.69, 9.17) is 0 Å². The normalized spacial score (nSPS) is 24.7. The van der Waals surface area contributed by atoms with Gasteiger partial charge in [-0.05, 0) is 68.8 Å². The summed E-state index contributed by atoms with van der Waals surface area (Å²) in [5, 5.41) is 3.69. The Hall–Kier alpha value is -0.340. The predicted molar refractivity (Wildman–Crippen MR) is 127 cm³/mol. The van der Waals surface area contributed by atoms with Gasteiger partial charge in [0.15, 0.2) is 5.96 Å². The topological polar surface area (TPSA) is 30.9 Å². The van der Waals surface area contributed by atoms with E-state index in [9.17, 15) is 0 Å². The lowest BCUT2D eigenvalue weighted by molar-refractivity contribution is 0.281. The summed E-state index contributed by atoms with van der Waals surface area (Å²) in [6, 6.07) is 8.80. The molecule has 3 aliphatic rings. The van der Waals surface area contributed by atoms with Crippen molar-refractivity contribution < 1.29 is 0 Å². The number of likely N-dealkylation sites (tertiary alicyclic amines) is 2. The highest BCUT2D eigenvalue weighted by Gasteiger charge is 2.44. The molecule has 1 N–H and O–H groups in total. The molecule has 0 bridgehead atoms. The van der Waals surface area contributed by atoms with E-state index in [1.54, 1.807) is 0 Å². The molecule has 4 rings (SSSR count). The van der Waals surface area contributed by atoms with E-state index in [-0.39, 0.29) is 24.0 Å². The van der Waals surface area contributed by atoms with E-state index in [0.717, 1.165) is 31.5 Å². The van der Waals surface area contributed by atoms with Crippen molar-refractivity contribution in [3.8, 4) is 0 Å². The van der Waals surface area contributed by atoms with Crippen LogP contribution in [-0.4, -0.2) is 62.1 Å². The molecule has 150 valence electrons. The van der Waals surface area contributed by atoms with Crippen molar-refractivity contribution in [3.63, 3.8) is 0 Å². The number of guanidine groups is 1. The molecule has 2 aliphatic heterocycles. The van der Waals surface area contributed by atoms with Crippen LogP contribution in [0.2, 0.25) is 0 Å². The highest BCUT2D eigenvalue weighted by molar-refractivity contribution is 14.0. The number of benzene rings is 1. The molecule has 0 radical (unpaired) electrons. The van der Waals surface area contributed by atoms with Crippen LogP contribution in [0.4, 0.5) is 0 Å². The van der Waals surface area contributed by atoms with E-state index in [2.05, 4.69) is 60.3 Å². The van der Waals surface area contributed by atoms with Crippen LogP contribution in [0.5, 0.6) is 0 Å². The molecular weight excluding hydrogens is 515 g/mol. The first-order valence-corrected chi connectivity index (χ1v) is 10.9. The summed E-state index contributed by atoms with van der Waals surface area (Å²) in [4.78, 5) is 9.71. The Morgan fingerprint density at radius 3 is 2.70 bits per heavy atom. The summed E-state index contributed by atoms with van der Waals surface area (Å²) in [6.07, 6.45) is 6.61. The van der Waals surface area contributed by atoms with E-state index in [0.29, 0.717) is 5.41 Å². The van der Waals surface area contributed by atoms with Crippen molar-refractivity contribution in [2.24, 2.45) is 10.9 Å². The van der Waals surface area contributed by atoms with E-state index in [1.165, 1.54) is 61.8 Å². The maximum Gasteiger partial charge on any atom is 0.193 e. The van der Waals surface area contributed by atoms with Crippen LogP contribution < -0.4 is 5.32 Å². The van der Waals surface area contributed by atoms with Gasteiger partial charge in [0, 0.05) is 43.1 Å². The van der Waals surface area contributed by atoms with Gasteiger partial charge in [0.25, 0.3) is 0 Å². The van der Waals surface area contributed by atoms with Gasteiger partial charge < -0.3 is 15.1 Å². The Balaban J connectivity index is 0.00000210. The zero-order valence-corrected chi connectivity index (χ0v) is 20.2. The summed E-state index contributed by atoms with van der Waals surface area (Å²) < 4.78 is 1.18. The molecule has 27 heavy (non-hydrogen) atoms. The minimum absolute atomic E-state index is 0. The Morgan fingerprint density at radius 1 is 1.26 bits per heavy atom. The first-order chi connectivity index (χ1) is 12.7. The molecule has 0 spiro atoms. The first kappa shape index (κ1) is 21.4. The van der Waals surface area contributed by atoms with Gasteiger partial charge in [-0.25, -0.2) is 0 Å². The van der Waals surface area contributed by atoms with Crippen molar-refractivity contribution in [3.05, 3.63) is 34.3 Å². The predicted octanol–water partition coefficient (Wildman–Crippen LogP) is 4.09. The summed E-state index contributed by atoms with van der Waals surface area (Å²) >= 11 is 3.62. The molecule has 6 heteroatoms. The maximum absolute atomic E-state index is 4.59. The van der Waals surface area contributed by atoms with Crippen molar-refractivity contribution in [1.29, 1.82) is 0 Å². The molecule has 2 saturated heterocycles. The van der Waals surface area contributed by atoms with Gasteiger partial charge in [-0.1, -0.05) is 28.1 Å². The van der Waals surface area contributed by atoms with E-state index < -0.39 is 0 Å². The molecular formula is C21H32BrIN4. The number of nitrogens with one attached hydrogen (secondary N) is 1. The average Bonchev–Trinajstić information content (AvgIpc) is 3.03. The molecule has 1 unspecified atom stereocenters. The fraction of sp³-hybridized carbons (Fsp3) is 0.667. The van der Waals surface area contributed by atoms with E-state index >= 15 is 0 Å². The third-order valence-corrected chi connectivity index (χ3v) is 6.88. The standard InChI is InChI=1S/C21H31BrN4.HI/c1-23-20(26-12-7-17(15-26)14-25-10-2-3-11-25)24-16-21(8-9-21)18-5-4-6-19(22)13-18;/h4-6,13,17H,2-3,7-12,14-16H2,1H3,(H,23,24);1H. The van der Waals surface area contributed by atoms with Gasteiger partial charge in [0.05, 0.1) is 0 Å². The molecule has 0 aromatic heterocycles. The van der Waals surface area contributed by atoms with Crippen LogP contribution >= 0.6 is 39.9 Å². The zero-order chi connectivity index (χ0) is 18.0. The Morgan fingerprint density at radius 2 is 2.04 bits per heavy atom. The van der Waals surface area contributed by atoms with Crippen LogP contribution in [0.25, 0.3) is 0 Å². The van der Waals surface area contributed by atoms with Crippen LogP contribution in [0.1, 0.15) is 37.7 Å². The Kier molecular flexibility index (Phi) is 7.47. The zero-order valence-electron chi connectivity index (χ0n) is 16.3. The molecule has 1 atom stereocenters. The second-order valence-electron chi connectivity index (χ2n) is 8.30. The highest BCUT2D eigenvalue weighted by Crippen LogP contribution is 2.48. The van der Waals surface area contributed by atoms with Gasteiger partial charge in [-0.15, -0.1) is 24.0 Å². The number of halogens is 2. The van der Waals surface area contributed by atoms with Gasteiger partial charge in [0.1, 0.15) is 0 Å². The van der Waals surface area contributed by atoms with Crippen molar-refractivity contribution in [1.82, 2.24) is 15.1 Å². The summed E-state index contributed by atoms with van der Waals surface area (Å²) in [7, 11) is 1.93. The summed E-state index contributed by atoms with van der Waals surface area (Å²) in [6.45, 7) is 7.16. The van der Waals surface area contributed by atoms with Crippen molar-refractivity contribution in [2.75, 3.05) is 46.3 Å². The fourth-order valence-electron chi connectivity index (χ4n) is 4.62. The molecule has 1 aromatic rings. The number of hydrogen-bond donors (Lipinski definition) is 1. The lowest BCUT2D eigenvalue weighted by atomic mass is 9.96. The summed E-state index contributed by atoms with van der Waals surface area (Å²) in [5.74, 6) is 1.89. The minimum atomic E-state index is 0. The molecule has 1 aromatic carbocycles. The molecule has 1 saturated carbocycles. The van der Waals surface area contributed by atoms with Crippen LogP contribution in [0, 0.1) is 5.92 Å². The van der Waals surface area contributed by atoms with E-state index in [1.807, 2.05) is 7.05 Å². The number of hydrogen-bond acceptors (Lipinski definition) is 2. The molecule has 4 nitrogen and oxygen atoms in total. The average molecular weight is 547 g/mol. The number of nitrogens with zero attached hydrogens (tertiary/aromatic N) is 3. The Bertz CT molecular complexity index is 655. The molecule has 3 fully saturated rings. The summed E-state index contributed by atoms with van der Waals surface area (Å²) in [5.41, 5.74) is 1.75. The van der Waals surface area contributed by atoms with Gasteiger partial charge in [-0.2, -0.15) is 0 Å². The van der Waals surface area contributed by atoms with Crippen LogP contribution in [0.15, 0.2) is 33.7 Å². The lowest BCUT2D eigenvalue weighted by Gasteiger charge is -2.25. The molecule has 2 heterocycles. The smallest absolute Gasteiger partial charge is 0.193 e. The molecule has 1 aliphatic carbocycles. The second-order valence-corrected chi connectivity index (χ2v) is 9.22. The van der Waals surface area contributed by atoms with Crippen LogP contribution in [-0.2, 0) is 5.41 Å². The van der Waals surface area contributed by atoms with Gasteiger partial charge in [-0.3, -0.25) is 4.99 Å². The largest absolute Gasteiger partial charge is 0.355 e. The van der Waals surface area contributed by atoms with Gasteiger partial charge >= 0.3 is 0 Å². The van der Waals surface area contributed by atoms with Crippen molar-refractivity contribution in [2.45, 2.75) is 37.5 Å². The van der Waals surface area contributed by atoms with Crippen molar-refractivity contribution >= 4 is 45.9 Å². The lowest BCUT2D eigenvalue weighted by Crippen LogP contribution is -2.43. The third kappa shape index (κ3) is 5.18. The molecule has 0 amide bonds. The minimum Gasteiger partial charge on any atom is -0.355 e. The second kappa shape index (κ2) is 9.44. The number of aliphatic imine (C=N–C) groups is 1. The third-order valence-electron chi connectivity index (χ3n) is 6.39. The van der Waals surface area contributed by atoms with Crippen LogP contribution in [0.3, 0.4) is 0 Å². The monoisotopic (exact) mass is 546 g/mol. The number of rotatable bonds is 5. The quantitative estimate of drug-likeness (QED) is 0.343. The SMILES string of the molecule is CN=C(NCC1(c2cccc(Br)c2)CC1)N1CCC(CN2CCCC2)C1.I. The van der Waals surface area contributed by atoms with Gasteiger partial charge in [0.2, 0.25) is 0 Å². The fourth-order valence-corrected chi connectivity index (χ4v) is 5.02. The maximum atomic E-state index is 4.59. The highest BCUT2D eigenvalue weighted by atomic mass is 127. The first-order valence-electron chi connectivity index (χ1n) is 10.1.